The summed E-state index contributed by atoms with van der Waals surface area (Å²) in [5.41, 5.74) is -0.0249. The first-order valence-electron chi connectivity index (χ1n) is 6.06. The molecule has 0 fully saturated rings. The molecule has 0 spiro atoms. The second-order valence-corrected chi connectivity index (χ2v) is 4.68. The van der Waals surface area contributed by atoms with Crippen LogP contribution in [0.4, 0.5) is 0 Å². The fraction of sp³-hybridized carbons (Fsp3) is 1.00. The van der Waals surface area contributed by atoms with Gasteiger partial charge in [-0.15, -0.1) is 0 Å². The van der Waals surface area contributed by atoms with Gasteiger partial charge in [-0.25, -0.2) is 0 Å². The first-order valence-corrected chi connectivity index (χ1v) is 6.06. The average molecular weight is 217 g/mol. The highest BCUT2D eigenvalue weighted by Gasteiger charge is 2.23. The van der Waals surface area contributed by atoms with Gasteiger partial charge >= 0.3 is 0 Å². The molecule has 0 rings (SSSR count). The van der Waals surface area contributed by atoms with Crippen LogP contribution in [0.5, 0.6) is 0 Å². The van der Waals surface area contributed by atoms with Gasteiger partial charge in [0.25, 0.3) is 0 Å². The van der Waals surface area contributed by atoms with Crippen LogP contribution < -0.4 is 0 Å². The summed E-state index contributed by atoms with van der Waals surface area (Å²) in [7, 11) is 0. The van der Waals surface area contributed by atoms with Crippen molar-refractivity contribution in [1.29, 1.82) is 0 Å². The number of nitrogens with zero attached hydrogens (tertiary/aromatic N) is 1. The summed E-state index contributed by atoms with van der Waals surface area (Å²) in [4.78, 5) is 2.25. The molecule has 1 unspecified atom stereocenters. The van der Waals surface area contributed by atoms with Crippen molar-refractivity contribution in [1.82, 2.24) is 4.90 Å². The summed E-state index contributed by atoms with van der Waals surface area (Å²) in [5, 5.41) is 18.3. The molecule has 92 valence electrons. The van der Waals surface area contributed by atoms with E-state index < -0.39 is 0 Å². The van der Waals surface area contributed by atoms with Crippen molar-refractivity contribution < 1.29 is 10.2 Å². The molecule has 0 bridgehead atoms. The van der Waals surface area contributed by atoms with E-state index in [9.17, 15) is 5.11 Å². The van der Waals surface area contributed by atoms with Gasteiger partial charge in [0.1, 0.15) is 0 Å². The maximum absolute atomic E-state index is 9.34. The number of aliphatic hydroxyl groups excluding tert-OH is 2. The molecule has 1 atom stereocenters. The van der Waals surface area contributed by atoms with E-state index in [4.69, 9.17) is 5.11 Å². The van der Waals surface area contributed by atoms with Gasteiger partial charge in [0.05, 0.1) is 6.61 Å². The Morgan fingerprint density at radius 1 is 1.13 bits per heavy atom. The molecular weight excluding hydrogens is 190 g/mol. The summed E-state index contributed by atoms with van der Waals surface area (Å²) in [6.07, 6.45) is 3.30. The predicted molar refractivity (Wildman–Crippen MR) is 63.9 cm³/mol. The Hall–Kier alpha value is -0.120. The van der Waals surface area contributed by atoms with Gasteiger partial charge in [0, 0.05) is 25.1 Å². The molecule has 0 saturated heterocycles. The van der Waals surface area contributed by atoms with Crippen molar-refractivity contribution in [2.24, 2.45) is 5.41 Å². The van der Waals surface area contributed by atoms with Gasteiger partial charge in [-0.3, -0.25) is 0 Å². The lowest BCUT2D eigenvalue weighted by atomic mass is 9.88. The minimum absolute atomic E-state index is 0.0249. The van der Waals surface area contributed by atoms with Gasteiger partial charge in [-0.2, -0.15) is 0 Å². The maximum atomic E-state index is 9.34. The average Bonchev–Trinajstić information content (AvgIpc) is 2.26. The lowest BCUT2D eigenvalue weighted by Gasteiger charge is -2.33. The monoisotopic (exact) mass is 217 g/mol. The Bertz CT molecular complexity index is 147. The van der Waals surface area contributed by atoms with Crippen LogP contribution in [-0.4, -0.2) is 48.0 Å². The molecular formula is C12H27NO2. The molecule has 3 nitrogen and oxygen atoms in total. The zero-order valence-electron chi connectivity index (χ0n) is 10.5. The van der Waals surface area contributed by atoms with Gasteiger partial charge in [-0.1, -0.05) is 27.2 Å². The third-order valence-electron chi connectivity index (χ3n) is 3.08. The molecule has 0 aliphatic heterocycles. The minimum atomic E-state index is -0.0249. The van der Waals surface area contributed by atoms with Crippen LogP contribution in [0.25, 0.3) is 0 Å². The Kier molecular flexibility index (Phi) is 8.02. The third kappa shape index (κ3) is 6.13. The predicted octanol–water partition coefficient (Wildman–Crippen LogP) is 1.49. The van der Waals surface area contributed by atoms with Crippen LogP contribution in [0.3, 0.4) is 0 Å². The highest BCUT2D eigenvalue weighted by atomic mass is 16.3. The van der Waals surface area contributed by atoms with Crippen LogP contribution in [0.2, 0.25) is 0 Å². The topological polar surface area (TPSA) is 43.7 Å². The highest BCUT2D eigenvalue weighted by molar-refractivity contribution is 4.76. The first kappa shape index (κ1) is 14.9. The first-order chi connectivity index (χ1) is 7.11. The zero-order chi connectivity index (χ0) is 11.7. The van der Waals surface area contributed by atoms with Gasteiger partial charge in [0.15, 0.2) is 0 Å². The lowest BCUT2D eigenvalue weighted by Crippen LogP contribution is -2.40. The summed E-state index contributed by atoms with van der Waals surface area (Å²) in [5.74, 6) is 0. The van der Waals surface area contributed by atoms with E-state index in [1.807, 2.05) is 0 Å². The van der Waals surface area contributed by atoms with Crippen molar-refractivity contribution >= 4 is 0 Å². The van der Waals surface area contributed by atoms with Gasteiger partial charge < -0.3 is 15.1 Å². The molecule has 3 heteroatoms. The van der Waals surface area contributed by atoms with E-state index in [1.165, 1.54) is 6.42 Å². The highest BCUT2D eigenvalue weighted by Crippen LogP contribution is 2.21. The molecule has 0 radical (unpaired) electrons. The van der Waals surface area contributed by atoms with Crippen LogP contribution in [0.15, 0.2) is 0 Å². The Morgan fingerprint density at radius 2 is 1.80 bits per heavy atom. The Morgan fingerprint density at radius 3 is 2.20 bits per heavy atom. The van der Waals surface area contributed by atoms with E-state index in [0.717, 1.165) is 32.5 Å². The number of aliphatic hydroxyl groups is 2. The summed E-state index contributed by atoms with van der Waals surface area (Å²) < 4.78 is 0. The largest absolute Gasteiger partial charge is 0.396 e. The lowest BCUT2D eigenvalue weighted by molar-refractivity contribution is 0.0745. The molecule has 0 amide bonds. The second kappa shape index (κ2) is 8.08. The van der Waals surface area contributed by atoms with Crippen molar-refractivity contribution in [2.75, 3.05) is 32.8 Å². The molecule has 0 aromatic rings. The maximum Gasteiger partial charge on any atom is 0.0558 e. The van der Waals surface area contributed by atoms with Crippen LogP contribution in [0, 0.1) is 5.41 Å². The van der Waals surface area contributed by atoms with Gasteiger partial charge in [0.2, 0.25) is 0 Å². The van der Waals surface area contributed by atoms with E-state index >= 15 is 0 Å². The smallest absolute Gasteiger partial charge is 0.0558 e. The second-order valence-electron chi connectivity index (χ2n) is 4.68. The van der Waals surface area contributed by atoms with Crippen LogP contribution in [-0.2, 0) is 0 Å². The summed E-state index contributed by atoms with van der Waals surface area (Å²) in [6, 6.07) is 0. The summed E-state index contributed by atoms with van der Waals surface area (Å²) in [6.45, 7) is 9.41. The van der Waals surface area contributed by atoms with E-state index in [1.54, 1.807) is 0 Å². The number of unbranched alkanes of at least 4 members (excludes halogenated alkanes) is 1. The van der Waals surface area contributed by atoms with E-state index in [0.29, 0.717) is 0 Å². The minimum Gasteiger partial charge on any atom is -0.396 e. The van der Waals surface area contributed by atoms with Crippen molar-refractivity contribution in [2.45, 2.75) is 40.0 Å². The quantitative estimate of drug-likeness (QED) is 0.615. The zero-order valence-corrected chi connectivity index (χ0v) is 10.5. The third-order valence-corrected chi connectivity index (χ3v) is 3.08. The molecule has 0 heterocycles. The fourth-order valence-electron chi connectivity index (χ4n) is 1.61. The number of hydrogen-bond acceptors (Lipinski definition) is 3. The fourth-order valence-corrected chi connectivity index (χ4v) is 1.61. The molecule has 0 saturated carbocycles. The van der Waals surface area contributed by atoms with E-state index in [2.05, 4.69) is 25.7 Å². The Balaban J connectivity index is 4.11. The standard InChI is InChI=1S/C12H27NO2/c1-4-6-7-13(8-9-14)10-12(3,5-2)11-15/h14-15H,4-11H2,1-3H3. The number of rotatable bonds is 9. The molecule has 0 aromatic carbocycles. The molecule has 0 aliphatic carbocycles. The van der Waals surface area contributed by atoms with Gasteiger partial charge in [-0.05, 0) is 19.4 Å². The van der Waals surface area contributed by atoms with Crippen LogP contribution in [0.1, 0.15) is 40.0 Å². The van der Waals surface area contributed by atoms with Crippen molar-refractivity contribution in [3.63, 3.8) is 0 Å². The molecule has 15 heavy (non-hydrogen) atoms. The van der Waals surface area contributed by atoms with E-state index in [-0.39, 0.29) is 18.6 Å². The van der Waals surface area contributed by atoms with Crippen LogP contribution >= 0.6 is 0 Å². The number of hydrogen-bond donors (Lipinski definition) is 2. The SMILES string of the molecule is CCCCN(CCO)CC(C)(CC)CO. The molecule has 0 aromatic heterocycles. The molecule has 2 N–H and O–H groups in total. The molecule has 0 aliphatic rings. The van der Waals surface area contributed by atoms with Crippen molar-refractivity contribution in [3.05, 3.63) is 0 Å². The van der Waals surface area contributed by atoms with Crippen molar-refractivity contribution in [3.8, 4) is 0 Å². The Labute approximate surface area is 94.1 Å². The normalized spacial score (nSPS) is 15.6. The summed E-state index contributed by atoms with van der Waals surface area (Å²) >= 11 is 0.